The number of hydrogen-bond acceptors (Lipinski definition) is 8. The summed E-state index contributed by atoms with van der Waals surface area (Å²) in [5, 5.41) is 11.7. The van der Waals surface area contributed by atoms with E-state index in [0.717, 1.165) is 0 Å². The fraction of sp³-hybridized carbons (Fsp3) is 0.333. The van der Waals surface area contributed by atoms with E-state index >= 15 is 0 Å². The maximum atomic E-state index is 12.3. The minimum atomic E-state index is -0.686. The molecule has 3 heterocycles. The van der Waals surface area contributed by atoms with Gasteiger partial charge in [0.2, 0.25) is 0 Å². The summed E-state index contributed by atoms with van der Waals surface area (Å²) in [6.45, 7) is 1.53. The molecule has 1 N–H and O–H groups in total. The van der Waals surface area contributed by atoms with Crippen molar-refractivity contribution in [2.45, 2.75) is 31.7 Å². The van der Waals surface area contributed by atoms with Crippen LogP contribution in [0.1, 0.15) is 34.6 Å². The van der Waals surface area contributed by atoms with Gasteiger partial charge in [-0.15, -0.1) is 10.2 Å². The van der Waals surface area contributed by atoms with E-state index in [0.29, 0.717) is 17.5 Å². The first-order valence-electron chi connectivity index (χ1n) is 8.95. The van der Waals surface area contributed by atoms with Crippen molar-refractivity contribution in [3.63, 3.8) is 0 Å². The molecular formula is C18H18N6O5. The summed E-state index contributed by atoms with van der Waals surface area (Å²) in [6, 6.07) is 8.18. The lowest BCUT2D eigenvalue weighted by atomic mass is 10.1. The average Bonchev–Trinajstić information content (AvgIpc) is 3.39. The van der Waals surface area contributed by atoms with Crippen LogP contribution in [-0.4, -0.2) is 48.4 Å². The molecule has 0 bridgehead atoms. The molecule has 150 valence electrons. The largest absolute Gasteiger partial charge is 0.459 e. The van der Waals surface area contributed by atoms with Gasteiger partial charge in [0.05, 0.1) is 5.56 Å². The molecule has 0 radical (unpaired) electrons. The van der Waals surface area contributed by atoms with Crippen molar-refractivity contribution < 1.29 is 14.3 Å². The van der Waals surface area contributed by atoms with Gasteiger partial charge in [0.25, 0.3) is 5.56 Å². The summed E-state index contributed by atoms with van der Waals surface area (Å²) >= 11 is 0. The maximum absolute atomic E-state index is 12.3. The van der Waals surface area contributed by atoms with Crippen molar-refractivity contribution in [2.24, 2.45) is 0 Å². The lowest BCUT2D eigenvalue weighted by Gasteiger charge is -2.17. The molecule has 29 heavy (non-hydrogen) atoms. The summed E-state index contributed by atoms with van der Waals surface area (Å²) in [5.41, 5.74) is -0.238. The number of aryl methyl sites for hydroxylation is 1. The highest BCUT2D eigenvalue weighted by atomic mass is 16.6. The first kappa shape index (κ1) is 18.7. The molecule has 3 unspecified atom stereocenters. The highest BCUT2D eigenvalue weighted by Crippen LogP contribution is 2.35. The van der Waals surface area contributed by atoms with E-state index in [9.17, 15) is 14.4 Å². The second-order valence-electron chi connectivity index (χ2n) is 6.63. The number of esters is 1. The topological polar surface area (TPSA) is 134 Å². The van der Waals surface area contributed by atoms with Gasteiger partial charge in [-0.1, -0.05) is 18.2 Å². The van der Waals surface area contributed by atoms with E-state index in [4.69, 9.17) is 9.47 Å². The Morgan fingerprint density at radius 1 is 1.31 bits per heavy atom. The van der Waals surface area contributed by atoms with Gasteiger partial charge in [0.1, 0.15) is 25.0 Å². The van der Waals surface area contributed by atoms with Crippen molar-refractivity contribution >= 4 is 5.97 Å². The second-order valence-corrected chi connectivity index (χ2v) is 6.63. The zero-order valence-electron chi connectivity index (χ0n) is 15.5. The van der Waals surface area contributed by atoms with Gasteiger partial charge < -0.3 is 9.47 Å². The number of H-pyrrole nitrogens is 1. The predicted molar refractivity (Wildman–Crippen MR) is 98.2 cm³/mol. The van der Waals surface area contributed by atoms with Gasteiger partial charge >= 0.3 is 11.7 Å². The molecule has 1 aromatic carbocycles. The molecule has 1 saturated heterocycles. The highest BCUT2D eigenvalue weighted by molar-refractivity contribution is 5.89. The number of aromatic amines is 1. The smallest absolute Gasteiger partial charge is 0.338 e. The summed E-state index contributed by atoms with van der Waals surface area (Å²) in [4.78, 5) is 39.7. The number of ether oxygens (including phenoxy) is 2. The predicted octanol–water partition coefficient (Wildman–Crippen LogP) is 0.217. The molecular weight excluding hydrogens is 380 g/mol. The number of nitrogens with zero attached hydrogens (tertiary/aromatic N) is 5. The monoisotopic (exact) mass is 398 g/mol. The van der Waals surface area contributed by atoms with Crippen LogP contribution in [0.15, 0.2) is 52.4 Å². The van der Waals surface area contributed by atoms with E-state index in [2.05, 4.69) is 20.4 Å². The van der Waals surface area contributed by atoms with Crippen molar-refractivity contribution in [2.75, 3.05) is 6.61 Å². The molecule has 1 aliphatic heterocycles. The number of benzene rings is 1. The van der Waals surface area contributed by atoms with Crippen molar-refractivity contribution in [3.8, 4) is 0 Å². The van der Waals surface area contributed by atoms with Crippen LogP contribution in [-0.2, 0) is 9.47 Å². The van der Waals surface area contributed by atoms with Gasteiger partial charge in [-0.05, 0) is 24.3 Å². The number of tetrazole rings is 1. The Morgan fingerprint density at radius 3 is 2.83 bits per heavy atom. The summed E-state index contributed by atoms with van der Waals surface area (Å²) in [6.07, 6.45) is 1.76. The fourth-order valence-electron chi connectivity index (χ4n) is 3.22. The number of nitrogens with one attached hydrogen (secondary N) is 1. The zero-order valence-corrected chi connectivity index (χ0v) is 15.5. The third-order valence-corrected chi connectivity index (χ3v) is 4.71. The van der Waals surface area contributed by atoms with Crippen LogP contribution in [0.4, 0.5) is 0 Å². The van der Waals surface area contributed by atoms with Crippen molar-refractivity contribution in [1.82, 2.24) is 29.8 Å². The molecule has 0 spiro atoms. The summed E-state index contributed by atoms with van der Waals surface area (Å²) < 4.78 is 12.7. The van der Waals surface area contributed by atoms with E-state index in [1.165, 1.54) is 21.9 Å². The fourth-order valence-corrected chi connectivity index (χ4v) is 3.22. The average molecular weight is 398 g/mol. The lowest BCUT2D eigenvalue weighted by Crippen LogP contribution is -2.33. The Balaban J connectivity index is 1.55. The van der Waals surface area contributed by atoms with Crippen LogP contribution < -0.4 is 11.2 Å². The van der Waals surface area contributed by atoms with Crippen molar-refractivity contribution in [3.05, 3.63) is 74.8 Å². The van der Waals surface area contributed by atoms with Crippen LogP contribution in [0.5, 0.6) is 0 Å². The molecule has 0 amide bonds. The summed E-state index contributed by atoms with van der Waals surface area (Å²) in [7, 11) is 0. The van der Waals surface area contributed by atoms with Gasteiger partial charge in [-0.2, -0.15) is 4.80 Å². The molecule has 11 heteroatoms. The number of carbonyl (C=O) groups is 1. The van der Waals surface area contributed by atoms with Crippen LogP contribution in [0.3, 0.4) is 0 Å². The van der Waals surface area contributed by atoms with Crippen LogP contribution >= 0.6 is 0 Å². The first-order valence-corrected chi connectivity index (χ1v) is 8.95. The molecule has 1 aliphatic rings. The molecule has 3 aromatic rings. The maximum Gasteiger partial charge on any atom is 0.338 e. The molecule has 1 fully saturated rings. The first-order chi connectivity index (χ1) is 14.0. The Bertz CT molecular complexity index is 1110. The minimum absolute atomic E-state index is 0.0620. The van der Waals surface area contributed by atoms with Crippen LogP contribution in [0.2, 0.25) is 0 Å². The molecule has 11 nitrogen and oxygen atoms in total. The van der Waals surface area contributed by atoms with Crippen LogP contribution in [0, 0.1) is 6.92 Å². The normalized spacial score (nSPS) is 21.2. The van der Waals surface area contributed by atoms with E-state index in [1.54, 1.807) is 37.3 Å². The molecule has 2 aromatic heterocycles. The number of carbonyl (C=O) groups excluding carboxylic acids is 1. The Morgan fingerprint density at radius 2 is 2.10 bits per heavy atom. The Hall–Kier alpha value is -3.60. The van der Waals surface area contributed by atoms with Gasteiger partial charge in [0, 0.05) is 18.2 Å². The quantitative estimate of drug-likeness (QED) is 0.603. The van der Waals surface area contributed by atoms with Crippen LogP contribution in [0.25, 0.3) is 0 Å². The summed E-state index contributed by atoms with van der Waals surface area (Å²) in [5.74, 6) is -0.486. The number of hydrogen-bond donors (Lipinski definition) is 1. The third kappa shape index (κ3) is 3.85. The molecule has 4 rings (SSSR count). The van der Waals surface area contributed by atoms with E-state index < -0.39 is 35.6 Å². The second kappa shape index (κ2) is 7.80. The standard InChI is InChI=1S/C18H18N6O5/c1-11-8-23(18(27)21-16(11)25)15-7-13(24-20-10-19-22-24)14(29-15)9-28-17(26)12-5-3-2-4-6-12/h2-6,8,10,13-15H,7,9H2,1H3,(H,21,25,27). The SMILES string of the molecule is Cc1cn(C2CC(n3ncnn3)C(COC(=O)c3ccccc3)O2)c(=O)[nH]c1=O. The molecule has 3 atom stereocenters. The van der Waals surface area contributed by atoms with Gasteiger partial charge in [-0.3, -0.25) is 14.3 Å². The highest BCUT2D eigenvalue weighted by Gasteiger charge is 2.40. The Kier molecular flexibility index (Phi) is 5.04. The number of rotatable bonds is 5. The third-order valence-electron chi connectivity index (χ3n) is 4.71. The number of aromatic nitrogens is 6. The lowest BCUT2D eigenvalue weighted by molar-refractivity contribution is -0.0419. The molecule has 0 saturated carbocycles. The van der Waals surface area contributed by atoms with Gasteiger partial charge in [-0.25, -0.2) is 9.59 Å². The van der Waals surface area contributed by atoms with E-state index in [-0.39, 0.29) is 6.61 Å². The molecule has 0 aliphatic carbocycles. The Labute approximate surface area is 163 Å². The zero-order chi connectivity index (χ0) is 20.4. The van der Waals surface area contributed by atoms with Gasteiger partial charge in [0.15, 0.2) is 6.33 Å². The van der Waals surface area contributed by atoms with Crippen molar-refractivity contribution in [1.29, 1.82) is 0 Å². The van der Waals surface area contributed by atoms with E-state index in [1.807, 2.05) is 0 Å². The minimum Gasteiger partial charge on any atom is -0.459 e.